The molecule has 0 heterocycles. The molecular formula is C26H30N2O4S2. The first-order valence-electron chi connectivity index (χ1n) is 11.0. The van der Waals surface area contributed by atoms with Crippen molar-refractivity contribution in [2.75, 3.05) is 30.3 Å². The second-order valence-corrected chi connectivity index (χ2v) is 10.9. The van der Waals surface area contributed by atoms with Crippen LogP contribution in [0.4, 0.5) is 5.69 Å². The van der Waals surface area contributed by atoms with E-state index in [1.165, 1.54) is 17.6 Å². The number of nitrogens with zero attached hydrogens (tertiary/aromatic N) is 1. The molecule has 0 atom stereocenters. The maximum atomic E-state index is 13.4. The summed E-state index contributed by atoms with van der Waals surface area (Å²) in [6.07, 6.45) is 0.772. The molecule has 0 radical (unpaired) electrons. The van der Waals surface area contributed by atoms with Crippen LogP contribution in [0.2, 0.25) is 0 Å². The monoisotopic (exact) mass is 498 g/mol. The third kappa shape index (κ3) is 7.01. The van der Waals surface area contributed by atoms with E-state index in [1.807, 2.05) is 6.92 Å². The zero-order valence-electron chi connectivity index (χ0n) is 19.7. The summed E-state index contributed by atoms with van der Waals surface area (Å²) in [4.78, 5) is 14.0. The van der Waals surface area contributed by atoms with E-state index in [-0.39, 0.29) is 17.3 Å². The predicted octanol–water partition coefficient (Wildman–Crippen LogP) is 4.81. The summed E-state index contributed by atoms with van der Waals surface area (Å²) < 4.78 is 33.3. The molecule has 180 valence electrons. The third-order valence-corrected chi connectivity index (χ3v) is 8.06. The lowest BCUT2D eigenvalue weighted by Crippen LogP contribution is -2.41. The number of amides is 1. The topological polar surface area (TPSA) is 75.7 Å². The summed E-state index contributed by atoms with van der Waals surface area (Å²) in [7, 11) is -2.44. The van der Waals surface area contributed by atoms with Gasteiger partial charge in [-0.1, -0.05) is 41.5 Å². The normalized spacial score (nSPS) is 11.1. The van der Waals surface area contributed by atoms with Crippen LogP contribution in [-0.4, -0.2) is 40.3 Å². The summed E-state index contributed by atoms with van der Waals surface area (Å²) in [6, 6.07) is 21.6. The van der Waals surface area contributed by atoms with Crippen molar-refractivity contribution in [3.63, 3.8) is 0 Å². The minimum absolute atomic E-state index is 0.128. The lowest BCUT2D eigenvalue weighted by molar-refractivity contribution is -0.119. The van der Waals surface area contributed by atoms with Crippen molar-refractivity contribution in [1.82, 2.24) is 5.32 Å². The molecule has 0 spiro atoms. The molecule has 0 aliphatic rings. The van der Waals surface area contributed by atoms with Crippen molar-refractivity contribution in [2.45, 2.75) is 30.1 Å². The standard InChI is InChI=1S/C26H30N2O4S2/c1-20-8-12-24(13-9-20)33-17-5-16-27-26(29)19-28(22-6-4-7-23(18-22)32-3)34(30,31)25-14-10-21(2)11-15-25/h4,6-15,18H,5,16-17,19H2,1-3H3,(H,27,29). The highest BCUT2D eigenvalue weighted by atomic mass is 32.2. The molecule has 0 unspecified atom stereocenters. The van der Waals surface area contributed by atoms with Crippen LogP contribution in [0.1, 0.15) is 17.5 Å². The average molecular weight is 499 g/mol. The Balaban J connectivity index is 1.66. The summed E-state index contributed by atoms with van der Waals surface area (Å²) >= 11 is 1.73. The maximum Gasteiger partial charge on any atom is 0.264 e. The molecule has 3 aromatic carbocycles. The fraction of sp³-hybridized carbons (Fsp3) is 0.269. The third-order valence-electron chi connectivity index (χ3n) is 5.17. The quantitative estimate of drug-likeness (QED) is 0.303. The van der Waals surface area contributed by atoms with Gasteiger partial charge >= 0.3 is 0 Å². The number of carbonyl (C=O) groups excluding carboxylic acids is 1. The smallest absolute Gasteiger partial charge is 0.264 e. The van der Waals surface area contributed by atoms with Gasteiger partial charge in [0.05, 0.1) is 17.7 Å². The van der Waals surface area contributed by atoms with Gasteiger partial charge in [0, 0.05) is 17.5 Å². The van der Waals surface area contributed by atoms with Crippen molar-refractivity contribution in [1.29, 1.82) is 0 Å². The minimum atomic E-state index is -3.95. The number of hydrogen-bond donors (Lipinski definition) is 1. The molecule has 3 aromatic rings. The van der Waals surface area contributed by atoms with E-state index < -0.39 is 10.0 Å². The molecule has 3 rings (SSSR count). The van der Waals surface area contributed by atoms with Crippen molar-refractivity contribution in [3.8, 4) is 5.75 Å². The van der Waals surface area contributed by atoms with Crippen LogP contribution in [0.25, 0.3) is 0 Å². The van der Waals surface area contributed by atoms with Gasteiger partial charge < -0.3 is 10.1 Å². The Labute approximate surface area is 206 Å². The SMILES string of the molecule is COc1cccc(N(CC(=O)NCCCSc2ccc(C)cc2)S(=O)(=O)c2ccc(C)cc2)c1. The number of nitrogens with one attached hydrogen (secondary N) is 1. The lowest BCUT2D eigenvalue weighted by atomic mass is 10.2. The van der Waals surface area contributed by atoms with Gasteiger partial charge in [-0.25, -0.2) is 8.42 Å². The number of sulfonamides is 1. The predicted molar refractivity (Wildman–Crippen MR) is 138 cm³/mol. The molecule has 1 N–H and O–H groups in total. The molecule has 0 aliphatic heterocycles. The number of thioether (sulfide) groups is 1. The highest BCUT2D eigenvalue weighted by molar-refractivity contribution is 7.99. The molecule has 8 heteroatoms. The molecule has 34 heavy (non-hydrogen) atoms. The second-order valence-electron chi connectivity index (χ2n) is 7.89. The molecule has 6 nitrogen and oxygen atoms in total. The Morgan fingerprint density at radius 3 is 2.26 bits per heavy atom. The van der Waals surface area contributed by atoms with E-state index in [9.17, 15) is 13.2 Å². The molecule has 0 aliphatic carbocycles. The first-order valence-corrected chi connectivity index (χ1v) is 13.4. The molecule has 0 aromatic heterocycles. The molecule has 0 saturated heterocycles. The molecule has 0 saturated carbocycles. The fourth-order valence-corrected chi connectivity index (χ4v) is 5.49. The molecule has 1 amide bonds. The number of anilines is 1. The van der Waals surface area contributed by atoms with E-state index in [2.05, 4.69) is 36.5 Å². The van der Waals surface area contributed by atoms with Crippen LogP contribution >= 0.6 is 11.8 Å². The summed E-state index contributed by atoms with van der Waals surface area (Å²) in [6.45, 7) is 4.08. The first kappa shape index (κ1) is 25.6. The Kier molecular flexibility index (Phi) is 9.01. The van der Waals surface area contributed by atoms with E-state index >= 15 is 0 Å². The van der Waals surface area contributed by atoms with Gasteiger partial charge in [0.1, 0.15) is 12.3 Å². The van der Waals surface area contributed by atoms with Gasteiger partial charge in [-0.3, -0.25) is 9.10 Å². The van der Waals surface area contributed by atoms with Gasteiger partial charge in [-0.15, -0.1) is 11.8 Å². The Bertz CT molecular complexity index is 1190. The van der Waals surface area contributed by atoms with Crippen LogP contribution in [-0.2, 0) is 14.8 Å². The number of aryl methyl sites for hydroxylation is 2. The van der Waals surface area contributed by atoms with E-state index in [0.29, 0.717) is 18.0 Å². The van der Waals surface area contributed by atoms with Crippen molar-refractivity contribution < 1.29 is 17.9 Å². The van der Waals surface area contributed by atoms with E-state index in [1.54, 1.807) is 60.3 Å². The van der Waals surface area contributed by atoms with Crippen LogP contribution in [0, 0.1) is 13.8 Å². The first-order chi connectivity index (χ1) is 16.3. The van der Waals surface area contributed by atoms with E-state index in [0.717, 1.165) is 22.0 Å². The summed E-state index contributed by atoms with van der Waals surface area (Å²) in [5, 5.41) is 2.85. The van der Waals surface area contributed by atoms with Crippen molar-refractivity contribution in [3.05, 3.63) is 83.9 Å². The largest absolute Gasteiger partial charge is 0.497 e. The molecular weight excluding hydrogens is 468 g/mol. The minimum Gasteiger partial charge on any atom is -0.497 e. The zero-order chi connectivity index (χ0) is 24.6. The highest BCUT2D eigenvalue weighted by Crippen LogP contribution is 2.27. The van der Waals surface area contributed by atoms with Gasteiger partial charge in [0.2, 0.25) is 5.91 Å². The highest BCUT2D eigenvalue weighted by Gasteiger charge is 2.27. The van der Waals surface area contributed by atoms with Crippen molar-refractivity contribution in [2.24, 2.45) is 0 Å². The van der Waals surface area contributed by atoms with Gasteiger partial charge in [0.15, 0.2) is 0 Å². The molecule has 0 fully saturated rings. The van der Waals surface area contributed by atoms with Crippen molar-refractivity contribution >= 4 is 33.4 Å². The second kappa shape index (κ2) is 11.9. The Morgan fingerprint density at radius 1 is 0.971 bits per heavy atom. The van der Waals surface area contributed by atoms with E-state index in [4.69, 9.17) is 4.74 Å². The van der Waals surface area contributed by atoms with Gasteiger partial charge in [-0.2, -0.15) is 0 Å². The number of rotatable bonds is 11. The van der Waals surface area contributed by atoms with Crippen LogP contribution in [0.15, 0.2) is 82.6 Å². The molecule has 0 bridgehead atoms. The Hall–Kier alpha value is -2.97. The Morgan fingerprint density at radius 2 is 1.62 bits per heavy atom. The lowest BCUT2D eigenvalue weighted by Gasteiger charge is -2.24. The van der Waals surface area contributed by atoms with Gasteiger partial charge in [-0.05, 0) is 62.4 Å². The number of ether oxygens (including phenoxy) is 1. The van der Waals surface area contributed by atoms with Gasteiger partial charge in [0.25, 0.3) is 10.0 Å². The number of hydrogen-bond acceptors (Lipinski definition) is 5. The number of benzene rings is 3. The zero-order valence-corrected chi connectivity index (χ0v) is 21.3. The fourth-order valence-electron chi connectivity index (χ4n) is 3.23. The maximum absolute atomic E-state index is 13.4. The number of carbonyl (C=O) groups is 1. The van der Waals surface area contributed by atoms with Crippen LogP contribution < -0.4 is 14.4 Å². The summed E-state index contributed by atoms with van der Waals surface area (Å²) in [5.74, 6) is 0.999. The summed E-state index contributed by atoms with van der Waals surface area (Å²) in [5.41, 5.74) is 2.54. The van der Waals surface area contributed by atoms with Crippen LogP contribution in [0.3, 0.4) is 0 Å². The van der Waals surface area contributed by atoms with Crippen LogP contribution in [0.5, 0.6) is 5.75 Å². The number of methoxy groups -OCH3 is 1. The average Bonchev–Trinajstić information content (AvgIpc) is 2.83.